The summed E-state index contributed by atoms with van der Waals surface area (Å²) in [5.41, 5.74) is 5.21. The van der Waals surface area contributed by atoms with E-state index in [4.69, 9.17) is 21.8 Å². The van der Waals surface area contributed by atoms with Crippen molar-refractivity contribution in [1.29, 1.82) is 0 Å². The van der Waals surface area contributed by atoms with Gasteiger partial charge in [0, 0.05) is 11.4 Å². The van der Waals surface area contributed by atoms with Gasteiger partial charge in [0.1, 0.15) is 0 Å². The van der Waals surface area contributed by atoms with Crippen molar-refractivity contribution >= 4 is 33.0 Å². The Balaban J connectivity index is 1.73. The van der Waals surface area contributed by atoms with Crippen molar-refractivity contribution in [2.75, 3.05) is 5.01 Å². The molecular weight excluding hydrogens is 418 g/mol. The zero-order valence-corrected chi connectivity index (χ0v) is 18.1. The molecule has 4 rings (SSSR count). The zero-order valence-electron chi connectivity index (χ0n) is 16.5. The highest BCUT2D eigenvalue weighted by Gasteiger charge is 2.30. The van der Waals surface area contributed by atoms with Crippen LogP contribution in [0.2, 0.25) is 5.02 Å². The van der Waals surface area contributed by atoms with Crippen molar-refractivity contribution in [2.24, 2.45) is 10.2 Å². The molecule has 0 saturated heterocycles. The zero-order chi connectivity index (χ0) is 21.3. The first-order valence-electron chi connectivity index (χ1n) is 9.69. The van der Waals surface area contributed by atoms with Gasteiger partial charge in [-0.25, -0.2) is 13.6 Å². The third-order valence-electron chi connectivity index (χ3n) is 5.29. The minimum atomic E-state index is -3.74. The fraction of sp³-hybridized carbons (Fsp3) is 0.174. The van der Waals surface area contributed by atoms with Gasteiger partial charge in [0.25, 0.3) is 0 Å². The fourth-order valence-electron chi connectivity index (χ4n) is 3.59. The molecule has 1 aliphatic rings. The Hall–Kier alpha value is -2.67. The van der Waals surface area contributed by atoms with Crippen LogP contribution in [0.5, 0.6) is 0 Å². The average molecular weight is 440 g/mol. The van der Waals surface area contributed by atoms with Crippen molar-refractivity contribution in [2.45, 2.75) is 30.7 Å². The molecule has 0 saturated carbocycles. The number of rotatable bonds is 5. The van der Waals surface area contributed by atoms with Crippen molar-refractivity contribution in [1.82, 2.24) is 0 Å². The van der Waals surface area contributed by atoms with E-state index in [0.717, 1.165) is 35.4 Å². The minimum absolute atomic E-state index is 0.0246. The Bertz CT molecular complexity index is 1170. The van der Waals surface area contributed by atoms with E-state index in [9.17, 15) is 8.42 Å². The van der Waals surface area contributed by atoms with E-state index in [1.165, 1.54) is 17.7 Å². The number of hydrogen-bond acceptors (Lipinski definition) is 4. The van der Waals surface area contributed by atoms with Gasteiger partial charge in [0.2, 0.25) is 10.0 Å². The smallest absolute Gasteiger partial charge is 0.238 e. The minimum Gasteiger partial charge on any atom is -0.257 e. The monoisotopic (exact) mass is 439 g/mol. The van der Waals surface area contributed by atoms with Crippen LogP contribution in [0.3, 0.4) is 0 Å². The summed E-state index contributed by atoms with van der Waals surface area (Å²) in [5.74, 6) is 0. The first kappa shape index (κ1) is 20.6. The van der Waals surface area contributed by atoms with Crippen molar-refractivity contribution in [3.8, 4) is 0 Å². The summed E-state index contributed by atoms with van der Waals surface area (Å²) < 4.78 is 23.2. The SMILES string of the molecule is CCc1ccc(C2=NN(c3ccc(S(N)(=O)=O)cc3)C(c3ccc(Cl)cc3)C2)cc1. The first-order valence-corrected chi connectivity index (χ1v) is 11.6. The molecular formula is C23H22ClN3O2S. The number of primary sulfonamides is 1. The number of halogens is 1. The Morgan fingerprint density at radius 2 is 1.63 bits per heavy atom. The highest BCUT2D eigenvalue weighted by Crippen LogP contribution is 2.37. The summed E-state index contributed by atoms with van der Waals surface area (Å²) in [5, 5.41) is 12.7. The fourth-order valence-corrected chi connectivity index (χ4v) is 4.23. The van der Waals surface area contributed by atoms with E-state index in [-0.39, 0.29) is 10.9 Å². The normalized spacial score (nSPS) is 16.6. The van der Waals surface area contributed by atoms with Crippen LogP contribution in [0.1, 0.15) is 36.1 Å². The number of nitrogens with two attached hydrogens (primary N) is 1. The molecule has 0 fully saturated rings. The van der Waals surface area contributed by atoms with Gasteiger partial charge in [0.15, 0.2) is 0 Å². The Morgan fingerprint density at radius 1 is 1.00 bits per heavy atom. The maximum absolute atomic E-state index is 11.6. The molecule has 0 radical (unpaired) electrons. The van der Waals surface area contributed by atoms with E-state index in [2.05, 4.69) is 31.2 Å². The second-order valence-electron chi connectivity index (χ2n) is 7.25. The summed E-state index contributed by atoms with van der Waals surface area (Å²) in [4.78, 5) is 0.0767. The molecule has 1 unspecified atom stereocenters. The van der Waals surface area contributed by atoms with Crippen LogP contribution < -0.4 is 10.1 Å². The van der Waals surface area contributed by atoms with E-state index >= 15 is 0 Å². The third kappa shape index (κ3) is 4.26. The van der Waals surface area contributed by atoms with E-state index in [1.54, 1.807) is 12.1 Å². The van der Waals surface area contributed by atoms with Crippen molar-refractivity contribution < 1.29 is 8.42 Å². The van der Waals surface area contributed by atoms with Crippen molar-refractivity contribution in [3.05, 3.63) is 94.5 Å². The summed E-state index contributed by atoms with van der Waals surface area (Å²) in [6.45, 7) is 2.13. The molecule has 7 heteroatoms. The van der Waals surface area contributed by atoms with Crippen LogP contribution in [0.4, 0.5) is 5.69 Å². The van der Waals surface area contributed by atoms with Gasteiger partial charge < -0.3 is 0 Å². The molecule has 1 heterocycles. The van der Waals surface area contributed by atoms with E-state index in [1.807, 2.05) is 29.3 Å². The molecule has 2 N–H and O–H groups in total. The van der Waals surface area contributed by atoms with Gasteiger partial charge >= 0.3 is 0 Å². The maximum atomic E-state index is 11.6. The second kappa shape index (κ2) is 8.22. The quantitative estimate of drug-likeness (QED) is 0.613. The highest BCUT2D eigenvalue weighted by atomic mass is 35.5. The van der Waals surface area contributed by atoms with E-state index < -0.39 is 10.0 Å². The van der Waals surface area contributed by atoms with Crippen LogP contribution in [-0.4, -0.2) is 14.1 Å². The van der Waals surface area contributed by atoms with Gasteiger partial charge in [-0.3, -0.25) is 5.01 Å². The lowest BCUT2D eigenvalue weighted by molar-refractivity contribution is 0.597. The predicted octanol–water partition coefficient (Wildman–Crippen LogP) is 4.91. The lowest BCUT2D eigenvalue weighted by Gasteiger charge is -2.24. The summed E-state index contributed by atoms with van der Waals surface area (Å²) in [7, 11) is -3.74. The van der Waals surface area contributed by atoms with Gasteiger partial charge in [-0.1, -0.05) is 54.9 Å². The van der Waals surface area contributed by atoms with Crippen LogP contribution in [0, 0.1) is 0 Å². The van der Waals surface area contributed by atoms with E-state index in [0.29, 0.717) is 5.02 Å². The lowest BCUT2D eigenvalue weighted by atomic mass is 9.97. The molecule has 0 aromatic heterocycles. The maximum Gasteiger partial charge on any atom is 0.238 e. The number of anilines is 1. The molecule has 3 aromatic rings. The highest BCUT2D eigenvalue weighted by molar-refractivity contribution is 7.89. The number of nitrogens with zero attached hydrogens (tertiary/aromatic N) is 2. The summed E-state index contributed by atoms with van der Waals surface area (Å²) in [6, 6.07) is 22.6. The standard InChI is InChI=1S/C23H22ClN3O2S/c1-2-16-3-5-17(6-4-16)22-15-23(18-7-9-19(24)10-8-18)27(26-22)20-11-13-21(14-12-20)30(25,28)29/h3-14,23H,2,15H2,1H3,(H2,25,28,29). The number of hydrazone groups is 1. The number of sulfonamides is 1. The molecule has 0 amide bonds. The Kier molecular flexibility index (Phi) is 5.64. The summed E-state index contributed by atoms with van der Waals surface area (Å²) >= 11 is 6.07. The lowest BCUT2D eigenvalue weighted by Crippen LogP contribution is -2.19. The summed E-state index contributed by atoms with van der Waals surface area (Å²) in [6.07, 6.45) is 1.72. The molecule has 154 valence electrons. The largest absolute Gasteiger partial charge is 0.257 e. The van der Waals surface area contributed by atoms with Gasteiger partial charge in [-0.2, -0.15) is 5.10 Å². The predicted molar refractivity (Wildman–Crippen MR) is 121 cm³/mol. The Labute approximate surface area is 181 Å². The van der Waals surface area contributed by atoms with Gasteiger partial charge in [-0.15, -0.1) is 0 Å². The van der Waals surface area contributed by atoms with Gasteiger partial charge in [0.05, 0.1) is 22.3 Å². The van der Waals surface area contributed by atoms with Crippen LogP contribution in [-0.2, 0) is 16.4 Å². The molecule has 30 heavy (non-hydrogen) atoms. The average Bonchev–Trinajstić information content (AvgIpc) is 3.19. The molecule has 0 aliphatic carbocycles. The van der Waals surface area contributed by atoms with Crippen molar-refractivity contribution in [3.63, 3.8) is 0 Å². The molecule has 0 bridgehead atoms. The molecule has 1 atom stereocenters. The van der Waals surface area contributed by atoms with Crippen LogP contribution in [0.25, 0.3) is 0 Å². The second-order valence-corrected chi connectivity index (χ2v) is 9.25. The van der Waals surface area contributed by atoms with Crippen LogP contribution in [0.15, 0.2) is 82.8 Å². The molecule has 3 aromatic carbocycles. The first-order chi connectivity index (χ1) is 14.3. The number of aryl methyl sites for hydroxylation is 1. The Morgan fingerprint density at radius 3 is 2.20 bits per heavy atom. The topological polar surface area (TPSA) is 75.8 Å². The van der Waals surface area contributed by atoms with Crippen LogP contribution >= 0.6 is 11.6 Å². The molecule has 0 spiro atoms. The van der Waals surface area contributed by atoms with Gasteiger partial charge in [-0.05, 0) is 59.5 Å². The molecule has 1 aliphatic heterocycles. The number of hydrogen-bond donors (Lipinski definition) is 1. The molecule has 5 nitrogen and oxygen atoms in total. The third-order valence-corrected chi connectivity index (χ3v) is 6.47. The number of benzene rings is 3.